The molecule has 0 bridgehead atoms. The molecule has 1 aliphatic rings. The lowest BCUT2D eigenvalue weighted by atomic mass is 9.96. The molecule has 0 saturated carbocycles. The number of likely N-dealkylation sites (tertiary alicyclic amines) is 1. The van der Waals surface area contributed by atoms with Crippen molar-refractivity contribution >= 4 is 53.7 Å². The van der Waals surface area contributed by atoms with Gasteiger partial charge in [-0.1, -0.05) is 23.7 Å². The maximum absolute atomic E-state index is 12.8. The molecule has 2 unspecified atom stereocenters. The number of carbonyl (C=O) groups excluding carboxylic acids is 1. The zero-order chi connectivity index (χ0) is 16.4. The van der Waals surface area contributed by atoms with Crippen LogP contribution in [0.25, 0.3) is 10.6 Å². The fraction of sp³-hybridized carbons (Fsp3) is 0.412. The summed E-state index contributed by atoms with van der Waals surface area (Å²) in [5, 5.41) is 3.30. The second-order valence-electron chi connectivity index (χ2n) is 5.97. The van der Waals surface area contributed by atoms with Gasteiger partial charge >= 0.3 is 0 Å². The third-order valence-electron chi connectivity index (χ3n) is 4.21. The Kier molecular flexibility index (Phi) is 8.64. The summed E-state index contributed by atoms with van der Waals surface area (Å²) < 4.78 is 0. The van der Waals surface area contributed by atoms with Gasteiger partial charge < -0.3 is 10.6 Å². The van der Waals surface area contributed by atoms with E-state index >= 15 is 0 Å². The molecule has 1 fully saturated rings. The molecule has 0 spiro atoms. The van der Waals surface area contributed by atoms with Gasteiger partial charge in [0.1, 0.15) is 10.7 Å². The quantitative estimate of drug-likeness (QED) is 0.783. The van der Waals surface area contributed by atoms with Crippen molar-refractivity contribution in [2.75, 3.05) is 6.54 Å². The van der Waals surface area contributed by atoms with Crippen LogP contribution in [0, 0.1) is 0 Å². The van der Waals surface area contributed by atoms with Crippen molar-refractivity contribution in [3.8, 4) is 10.6 Å². The summed E-state index contributed by atoms with van der Waals surface area (Å²) in [5.74, 6) is -0.0171. The van der Waals surface area contributed by atoms with Crippen LogP contribution < -0.4 is 5.73 Å². The SMILES string of the molecule is CC(N)C1CCCCN1C(=O)c1csc(-c2cccc(Cl)c2)n1.Cl.Cl. The normalized spacial score (nSPS) is 18.0. The topological polar surface area (TPSA) is 59.2 Å². The number of hydrogen-bond donors (Lipinski definition) is 1. The zero-order valence-electron chi connectivity index (χ0n) is 13.9. The number of halogens is 3. The lowest BCUT2D eigenvalue weighted by Gasteiger charge is -2.37. The van der Waals surface area contributed by atoms with Crippen molar-refractivity contribution in [1.82, 2.24) is 9.88 Å². The van der Waals surface area contributed by atoms with Gasteiger partial charge in [0, 0.05) is 34.6 Å². The van der Waals surface area contributed by atoms with Gasteiger partial charge in [0.15, 0.2) is 0 Å². The first-order valence-corrected chi connectivity index (χ1v) is 9.10. The van der Waals surface area contributed by atoms with Crippen molar-refractivity contribution < 1.29 is 4.79 Å². The minimum absolute atomic E-state index is 0. The van der Waals surface area contributed by atoms with Gasteiger partial charge in [-0.2, -0.15) is 0 Å². The van der Waals surface area contributed by atoms with Gasteiger partial charge in [0.05, 0.1) is 0 Å². The van der Waals surface area contributed by atoms with Crippen LogP contribution in [0.1, 0.15) is 36.7 Å². The number of nitrogens with two attached hydrogens (primary N) is 1. The molecule has 1 aromatic heterocycles. The molecule has 8 heteroatoms. The first-order chi connectivity index (χ1) is 11.1. The minimum atomic E-state index is -0.0229. The predicted molar refractivity (Wildman–Crippen MR) is 109 cm³/mol. The number of aromatic nitrogens is 1. The molecular weight excluding hydrogens is 401 g/mol. The number of amides is 1. The van der Waals surface area contributed by atoms with E-state index in [9.17, 15) is 4.79 Å². The Bertz CT molecular complexity index is 708. The Balaban J connectivity index is 0.00000156. The van der Waals surface area contributed by atoms with Crippen LogP contribution in [-0.2, 0) is 0 Å². The highest BCUT2D eigenvalue weighted by molar-refractivity contribution is 7.13. The lowest BCUT2D eigenvalue weighted by molar-refractivity contribution is 0.0578. The zero-order valence-corrected chi connectivity index (χ0v) is 17.1. The maximum atomic E-state index is 12.8. The van der Waals surface area contributed by atoms with E-state index in [-0.39, 0.29) is 42.8 Å². The molecule has 2 heterocycles. The molecular formula is C17H22Cl3N3OS. The molecule has 0 aliphatic carbocycles. The van der Waals surface area contributed by atoms with Crippen molar-refractivity contribution in [3.63, 3.8) is 0 Å². The summed E-state index contributed by atoms with van der Waals surface area (Å²) in [6, 6.07) is 7.60. The van der Waals surface area contributed by atoms with Crippen LogP contribution >= 0.6 is 47.8 Å². The van der Waals surface area contributed by atoms with Gasteiger partial charge in [-0.15, -0.1) is 36.2 Å². The van der Waals surface area contributed by atoms with E-state index in [1.54, 1.807) is 0 Å². The molecule has 2 atom stereocenters. The van der Waals surface area contributed by atoms with E-state index in [0.29, 0.717) is 10.7 Å². The Morgan fingerprint density at radius 2 is 2.16 bits per heavy atom. The molecule has 1 amide bonds. The number of nitrogens with zero attached hydrogens (tertiary/aromatic N) is 2. The maximum Gasteiger partial charge on any atom is 0.273 e. The van der Waals surface area contributed by atoms with Crippen LogP contribution in [0.2, 0.25) is 5.02 Å². The van der Waals surface area contributed by atoms with Crippen LogP contribution in [-0.4, -0.2) is 34.4 Å². The molecule has 138 valence electrons. The first kappa shape index (κ1) is 22.2. The molecule has 2 N–H and O–H groups in total. The third kappa shape index (κ3) is 5.08. The summed E-state index contributed by atoms with van der Waals surface area (Å²) in [6.07, 6.45) is 3.12. The van der Waals surface area contributed by atoms with Gasteiger partial charge in [0.2, 0.25) is 0 Å². The molecule has 1 aliphatic heterocycles. The fourth-order valence-corrected chi connectivity index (χ4v) is 4.01. The molecule has 4 nitrogen and oxygen atoms in total. The van der Waals surface area contributed by atoms with Gasteiger partial charge in [-0.25, -0.2) is 4.98 Å². The summed E-state index contributed by atoms with van der Waals surface area (Å²) in [6.45, 7) is 2.73. The summed E-state index contributed by atoms with van der Waals surface area (Å²) in [7, 11) is 0. The highest BCUT2D eigenvalue weighted by Crippen LogP contribution is 2.28. The Morgan fingerprint density at radius 3 is 2.84 bits per heavy atom. The van der Waals surface area contributed by atoms with Crippen LogP contribution in [0.5, 0.6) is 0 Å². The third-order valence-corrected chi connectivity index (χ3v) is 5.34. The van der Waals surface area contributed by atoms with E-state index in [0.717, 1.165) is 36.4 Å². The number of carbonyl (C=O) groups is 1. The average molecular weight is 423 g/mol. The highest BCUT2D eigenvalue weighted by Gasteiger charge is 2.30. The Hall–Kier alpha value is -0.850. The van der Waals surface area contributed by atoms with E-state index in [1.807, 2.05) is 41.5 Å². The molecule has 25 heavy (non-hydrogen) atoms. The lowest BCUT2D eigenvalue weighted by Crippen LogP contribution is -2.51. The van der Waals surface area contributed by atoms with Crippen LogP contribution in [0.4, 0.5) is 0 Å². The number of benzene rings is 1. The van der Waals surface area contributed by atoms with Crippen molar-refractivity contribution in [3.05, 3.63) is 40.4 Å². The summed E-state index contributed by atoms with van der Waals surface area (Å²) in [4.78, 5) is 19.2. The van der Waals surface area contributed by atoms with E-state index in [4.69, 9.17) is 17.3 Å². The van der Waals surface area contributed by atoms with Crippen molar-refractivity contribution in [2.45, 2.75) is 38.3 Å². The van der Waals surface area contributed by atoms with E-state index in [2.05, 4.69) is 4.98 Å². The summed E-state index contributed by atoms with van der Waals surface area (Å²) >= 11 is 7.49. The highest BCUT2D eigenvalue weighted by atomic mass is 35.5. The van der Waals surface area contributed by atoms with Crippen molar-refractivity contribution in [2.24, 2.45) is 5.73 Å². The largest absolute Gasteiger partial charge is 0.333 e. The Labute approximate surface area is 169 Å². The fourth-order valence-electron chi connectivity index (χ4n) is 3.03. The molecule has 1 saturated heterocycles. The number of hydrogen-bond acceptors (Lipinski definition) is 4. The predicted octanol–water partition coefficient (Wildman–Crippen LogP) is 4.65. The van der Waals surface area contributed by atoms with Gasteiger partial charge in [0.25, 0.3) is 5.91 Å². The number of piperidine rings is 1. The molecule has 3 rings (SSSR count). The monoisotopic (exact) mass is 421 g/mol. The average Bonchev–Trinajstić information content (AvgIpc) is 3.04. The summed E-state index contributed by atoms with van der Waals surface area (Å²) in [5.41, 5.74) is 7.49. The molecule has 2 aromatic rings. The van der Waals surface area contributed by atoms with E-state index < -0.39 is 0 Å². The second-order valence-corrected chi connectivity index (χ2v) is 7.26. The van der Waals surface area contributed by atoms with Gasteiger partial charge in [-0.3, -0.25) is 4.79 Å². The van der Waals surface area contributed by atoms with Crippen LogP contribution in [0.15, 0.2) is 29.6 Å². The molecule has 1 aromatic carbocycles. The standard InChI is InChI=1S/C17H20ClN3OS.2ClH/c1-11(19)15-7-2-3-8-21(15)17(22)14-10-23-16(20-14)12-5-4-6-13(18)9-12;;/h4-6,9-11,15H,2-3,7-8,19H2,1H3;2*1H. The first-order valence-electron chi connectivity index (χ1n) is 7.84. The van der Waals surface area contributed by atoms with E-state index in [1.165, 1.54) is 11.3 Å². The molecule has 0 radical (unpaired) electrons. The number of thiazole rings is 1. The minimum Gasteiger partial charge on any atom is -0.333 e. The van der Waals surface area contributed by atoms with Gasteiger partial charge in [-0.05, 0) is 38.3 Å². The van der Waals surface area contributed by atoms with Crippen molar-refractivity contribution in [1.29, 1.82) is 0 Å². The second kappa shape index (κ2) is 9.74. The Morgan fingerprint density at radius 1 is 1.40 bits per heavy atom. The van der Waals surface area contributed by atoms with Crippen LogP contribution in [0.3, 0.4) is 0 Å². The smallest absolute Gasteiger partial charge is 0.273 e. The number of rotatable bonds is 3.